The zero-order valence-corrected chi connectivity index (χ0v) is 20.9. The van der Waals surface area contributed by atoms with Crippen LogP contribution in [0.1, 0.15) is 12.1 Å². The summed E-state index contributed by atoms with van der Waals surface area (Å²) in [7, 11) is 1.20. The maximum absolute atomic E-state index is 13.2. The molecule has 4 N–H and O–H groups in total. The number of thiazole rings is 1. The number of carboxylic acid groups (broad SMARTS) is 2. The molecule has 3 rings (SSSR count). The SMILES string of the molecule is C=CCOC(=O)Nc1nc(/C(=N/OC)C(=O)NC2CN3CC(CC(=O)O)=C(C(C=C)C(=O)O)N3C2=O)cs1. The van der Waals surface area contributed by atoms with Crippen molar-refractivity contribution in [1.82, 2.24) is 20.3 Å². The Balaban J connectivity index is 1.78. The van der Waals surface area contributed by atoms with Crippen molar-refractivity contribution < 1.29 is 43.8 Å². The maximum Gasteiger partial charge on any atom is 0.413 e. The fraction of sp³-hybridized carbons (Fsp3) is 0.318. The predicted octanol–water partition coefficient (Wildman–Crippen LogP) is 0.401. The minimum absolute atomic E-state index is 0.0129. The first-order chi connectivity index (χ1) is 18.1. The second-order valence-corrected chi connectivity index (χ2v) is 8.66. The molecule has 2 aliphatic heterocycles. The van der Waals surface area contributed by atoms with Crippen molar-refractivity contribution >= 4 is 52.0 Å². The molecule has 3 amide bonds. The van der Waals surface area contributed by atoms with Crippen molar-refractivity contribution in [2.24, 2.45) is 11.1 Å². The number of nitrogens with zero attached hydrogens (tertiary/aromatic N) is 4. The number of aliphatic carboxylic acids is 2. The average Bonchev–Trinajstić information content (AvgIpc) is 3.52. The maximum atomic E-state index is 13.2. The summed E-state index contributed by atoms with van der Waals surface area (Å²) in [5, 5.41) is 31.5. The fourth-order valence-corrected chi connectivity index (χ4v) is 4.53. The van der Waals surface area contributed by atoms with Crippen LogP contribution < -0.4 is 10.6 Å². The third-order valence-corrected chi connectivity index (χ3v) is 6.06. The molecule has 15 nitrogen and oxygen atoms in total. The standard InChI is InChI=1S/C22H24N6O9S/c1-4-6-37-22(35)25-21-24-14(10-38-21)16(26-36-3)18(31)23-13-9-27-8-11(7-15(29)30)17(28(27)19(13)32)12(5-2)20(33)34/h4-5,10,12-13H,1-2,6-9H2,3H3,(H,23,31)(H,29,30)(H,33,34)(H,24,25,35)/b26-16-. The highest BCUT2D eigenvalue weighted by molar-refractivity contribution is 7.14. The lowest BCUT2D eigenvalue weighted by atomic mass is 9.98. The van der Waals surface area contributed by atoms with Crippen LogP contribution in [-0.2, 0) is 28.8 Å². The molecule has 38 heavy (non-hydrogen) atoms. The Morgan fingerprint density at radius 1 is 1.34 bits per heavy atom. The van der Waals surface area contributed by atoms with Gasteiger partial charge in [0.15, 0.2) is 10.8 Å². The van der Waals surface area contributed by atoms with Crippen molar-refractivity contribution in [3.63, 3.8) is 0 Å². The highest BCUT2D eigenvalue weighted by Crippen LogP contribution is 2.35. The second kappa shape index (κ2) is 12.1. The van der Waals surface area contributed by atoms with Crippen molar-refractivity contribution in [3.05, 3.63) is 47.7 Å². The monoisotopic (exact) mass is 548 g/mol. The molecular formula is C22H24N6O9S. The van der Waals surface area contributed by atoms with Crippen LogP contribution in [0.3, 0.4) is 0 Å². The Kier molecular flexibility index (Phi) is 8.93. The van der Waals surface area contributed by atoms with E-state index in [1.54, 1.807) is 0 Å². The quantitative estimate of drug-likeness (QED) is 0.160. The van der Waals surface area contributed by atoms with E-state index < -0.39 is 48.2 Å². The Morgan fingerprint density at radius 2 is 2.08 bits per heavy atom. The average molecular weight is 549 g/mol. The number of oxime groups is 1. The van der Waals surface area contributed by atoms with Crippen molar-refractivity contribution in [3.8, 4) is 0 Å². The number of rotatable bonds is 12. The van der Waals surface area contributed by atoms with E-state index in [1.807, 2.05) is 0 Å². The van der Waals surface area contributed by atoms with E-state index in [1.165, 1.54) is 23.6 Å². The van der Waals surface area contributed by atoms with Gasteiger partial charge in [-0.05, 0) is 5.57 Å². The molecule has 0 aliphatic carbocycles. The van der Waals surface area contributed by atoms with Crippen LogP contribution in [-0.4, -0.2) is 93.6 Å². The molecule has 202 valence electrons. The number of carbonyl (C=O) groups is 5. The highest BCUT2D eigenvalue weighted by atomic mass is 32.1. The number of amides is 3. The number of hydrogen-bond acceptors (Lipinski definition) is 11. The van der Waals surface area contributed by atoms with Crippen LogP contribution in [0.4, 0.5) is 9.93 Å². The van der Waals surface area contributed by atoms with Gasteiger partial charge in [-0.25, -0.2) is 19.8 Å². The first kappa shape index (κ1) is 28.0. The summed E-state index contributed by atoms with van der Waals surface area (Å²) in [6.45, 7) is 6.85. The first-order valence-corrected chi connectivity index (χ1v) is 11.8. The molecule has 0 bridgehead atoms. The van der Waals surface area contributed by atoms with Crippen LogP contribution in [0.25, 0.3) is 0 Å². The molecule has 2 aliphatic rings. The Labute approximate surface area is 219 Å². The topological polar surface area (TPSA) is 200 Å². The molecule has 3 heterocycles. The Morgan fingerprint density at radius 3 is 2.68 bits per heavy atom. The lowest BCUT2D eigenvalue weighted by molar-refractivity contribution is -0.142. The predicted molar refractivity (Wildman–Crippen MR) is 132 cm³/mol. The Hall–Kier alpha value is -4.57. The van der Waals surface area contributed by atoms with Gasteiger partial charge >= 0.3 is 18.0 Å². The molecule has 0 saturated carbocycles. The summed E-state index contributed by atoms with van der Waals surface area (Å²) in [6, 6.07) is -1.12. The van der Waals surface area contributed by atoms with Gasteiger partial charge < -0.3 is 25.1 Å². The summed E-state index contributed by atoms with van der Waals surface area (Å²) < 4.78 is 4.81. The summed E-state index contributed by atoms with van der Waals surface area (Å²) in [4.78, 5) is 70.0. The van der Waals surface area contributed by atoms with Gasteiger partial charge in [0, 0.05) is 18.5 Å². The van der Waals surface area contributed by atoms with Crippen LogP contribution in [0.15, 0.2) is 47.1 Å². The van der Waals surface area contributed by atoms with E-state index in [0.29, 0.717) is 0 Å². The molecule has 0 aromatic carbocycles. The molecular weight excluding hydrogens is 524 g/mol. The number of carbonyl (C=O) groups excluding carboxylic acids is 3. The highest BCUT2D eigenvalue weighted by Gasteiger charge is 2.48. The number of nitrogens with one attached hydrogen (secondary N) is 2. The molecule has 1 aromatic rings. The summed E-state index contributed by atoms with van der Waals surface area (Å²) >= 11 is 0.986. The summed E-state index contributed by atoms with van der Waals surface area (Å²) in [6.07, 6.45) is 1.25. The van der Waals surface area contributed by atoms with Gasteiger partial charge in [0.05, 0.1) is 12.1 Å². The van der Waals surface area contributed by atoms with Crippen LogP contribution in [0.5, 0.6) is 0 Å². The number of carboxylic acids is 2. The minimum atomic E-state index is -1.34. The van der Waals surface area contributed by atoms with Gasteiger partial charge in [0.25, 0.3) is 11.8 Å². The number of anilines is 1. The van der Waals surface area contributed by atoms with Gasteiger partial charge in [0.2, 0.25) is 0 Å². The third-order valence-electron chi connectivity index (χ3n) is 5.30. The number of hydrazine groups is 1. The van der Waals surface area contributed by atoms with E-state index in [2.05, 4.69) is 33.9 Å². The molecule has 0 radical (unpaired) electrons. The van der Waals surface area contributed by atoms with Gasteiger partial charge in [-0.3, -0.25) is 24.5 Å². The van der Waals surface area contributed by atoms with Gasteiger partial charge in [-0.1, -0.05) is 23.9 Å². The van der Waals surface area contributed by atoms with E-state index >= 15 is 0 Å². The normalized spacial score (nSPS) is 18.0. The third kappa shape index (κ3) is 6.04. The number of ether oxygens (including phenoxy) is 1. The Bertz CT molecular complexity index is 1240. The lowest BCUT2D eigenvalue weighted by Gasteiger charge is -2.24. The number of hydrogen-bond donors (Lipinski definition) is 4. The number of aromatic nitrogens is 1. The van der Waals surface area contributed by atoms with E-state index in [9.17, 15) is 34.2 Å². The lowest BCUT2D eigenvalue weighted by Crippen LogP contribution is -2.46. The largest absolute Gasteiger partial charge is 0.481 e. The second-order valence-electron chi connectivity index (χ2n) is 7.81. The van der Waals surface area contributed by atoms with E-state index in [4.69, 9.17) is 9.57 Å². The van der Waals surface area contributed by atoms with E-state index in [0.717, 1.165) is 22.4 Å². The summed E-state index contributed by atoms with van der Waals surface area (Å²) in [5.41, 5.74) is -0.0100. The van der Waals surface area contributed by atoms with Crippen LogP contribution >= 0.6 is 11.3 Å². The van der Waals surface area contributed by atoms with E-state index in [-0.39, 0.29) is 47.5 Å². The molecule has 1 fully saturated rings. The van der Waals surface area contributed by atoms with Crippen molar-refractivity contribution in [2.45, 2.75) is 12.5 Å². The van der Waals surface area contributed by atoms with Gasteiger partial charge in [-0.2, -0.15) is 0 Å². The van der Waals surface area contributed by atoms with Gasteiger partial charge in [0.1, 0.15) is 31.4 Å². The van der Waals surface area contributed by atoms with Gasteiger partial charge in [-0.15, -0.1) is 17.9 Å². The zero-order valence-electron chi connectivity index (χ0n) is 20.1. The van der Waals surface area contributed by atoms with Crippen molar-refractivity contribution in [1.29, 1.82) is 0 Å². The molecule has 2 unspecified atom stereocenters. The minimum Gasteiger partial charge on any atom is -0.481 e. The zero-order chi connectivity index (χ0) is 28.0. The smallest absolute Gasteiger partial charge is 0.413 e. The van der Waals surface area contributed by atoms with Crippen LogP contribution in [0, 0.1) is 5.92 Å². The van der Waals surface area contributed by atoms with Crippen LogP contribution in [0.2, 0.25) is 0 Å². The molecule has 16 heteroatoms. The summed E-state index contributed by atoms with van der Waals surface area (Å²) in [5.74, 6) is -5.32. The van der Waals surface area contributed by atoms with Crippen molar-refractivity contribution in [2.75, 3.05) is 32.1 Å². The fourth-order valence-electron chi connectivity index (χ4n) is 3.85. The molecule has 2 atom stereocenters. The molecule has 1 saturated heterocycles. The molecule has 1 aromatic heterocycles. The first-order valence-electron chi connectivity index (χ1n) is 10.9. The molecule has 0 spiro atoms. The number of fused-ring (bicyclic) bond motifs is 1.